The molecule has 1 heterocycles. The Hall–Kier alpha value is -1.29. The molecule has 4 rings (SSSR count). The molecular formula is C18H16IN. The topological polar surface area (TPSA) is 12.0 Å². The number of rotatable bonds is 1. The summed E-state index contributed by atoms with van der Waals surface area (Å²) in [4.78, 5) is 0. The smallest absolute Gasteiger partial charge is 0.0553 e. The molecule has 2 aromatic rings. The van der Waals surface area contributed by atoms with Gasteiger partial charge in [0.2, 0.25) is 0 Å². The van der Waals surface area contributed by atoms with Gasteiger partial charge >= 0.3 is 0 Å². The average molecular weight is 373 g/mol. The van der Waals surface area contributed by atoms with Gasteiger partial charge in [-0.05, 0) is 64.3 Å². The summed E-state index contributed by atoms with van der Waals surface area (Å²) < 4.78 is 1.32. The monoisotopic (exact) mass is 373 g/mol. The molecule has 1 aliphatic carbocycles. The molecular weight excluding hydrogens is 357 g/mol. The minimum Gasteiger partial charge on any atom is -0.378 e. The molecule has 0 saturated carbocycles. The Morgan fingerprint density at radius 3 is 2.75 bits per heavy atom. The van der Waals surface area contributed by atoms with E-state index in [0.717, 1.165) is 0 Å². The van der Waals surface area contributed by atoms with Crippen molar-refractivity contribution in [1.29, 1.82) is 0 Å². The first-order chi connectivity index (χ1) is 9.83. The Balaban J connectivity index is 1.80. The number of allylic oxidation sites excluding steroid dienone is 2. The van der Waals surface area contributed by atoms with E-state index in [1.54, 1.807) is 0 Å². The predicted molar refractivity (Wildman–Crippen MR) is 92.0 cm³/mol. The Kier molecular flexibility index (Phi) is 3.06. The van der Waals surface area contributed by atoms with Gasteiger partial charge < -0.3 is 5.32 Å². The summed E-state index contributed by atoms with van der Waals surface area (Å²) >= 11 is 2.40. The fraction of sp³-hybridized carbons (Fsp3) is 0.222. The van der Waals surface area contributed by atoms with Crippen molar-refractivity contribution in [3.8, 4) is 0 Å². The van der Waals surface area contributed by atoms with Gasteiger partial charge in [0.15, 0.2) is 0 Å². The number of nitrogens with one attached hydrogen (secondary N) is 1. The summed E-state index contributed by atoms with van der Waals surface area (Å²) in [7, 11) is 0. The van der Waals surface area contributed by atoms with Crippen molar-refractivity contribution < 1.29 is 0 Å². The highest BCUT2D eigenvalue weighted by molar-refractivity contribution is 14.1. The highest BCUT2D eigenvalue weighted by atomic mass is 127. The van der Waals surface area contributed by atoms with Gasteiger partial charge in [0.1, 0.15) is 0 Å². The third-order valence-corrected chi connectivity index (χ3v) is 5.15. The lowest BCUT2D eigenvalue weighted by Gasteiger charge is -2.37. The first-order valence-corrected chi connectivity index (χ1v) is 8.18. The summed E-state index contributed by atoms with van der Waals surface area (Å²) in [6.07, 6.45) is 5.92. The Morgan fingerprint density at radius 1 is 1.05 bits per heavy atom. The molecule has 0 aromatic heterocycles. The van der Waals surface area contributed by atoms with Crippen molar-refractivity contribution in [1.82, 2.24) is 0 Å². The second kappa shape index (κ2) is 4.92. The van der Waals surface area contributed by atoms with Gasteiger partial charge in [-0.3, -0.25) is 0 Å². The molecule has 2 aliphatic rings. The molecule has 2 heteroatoms. The van der Waals surface area contributed by atoms with Gasteiger partial charge in [-0.15, -0.1) is 0 Å². The maximum absolute atomic E-state index is 3.77. The van der Waals surface area contributed by atoms with Crippen LogP contribution in [0.2, 0.25) is 0 Å². The third kappa shape index (κ3) is 1.97. The van der Waals surface area contributed by atoms with E-state index in [2.05, 4.69) is 88.6 Å². The van der Waals surface area contributed by atoms with Crippen molar-refractivity contribution in [3.63, 3.8) is 0 Å². The first-order valence-electron chi connectivity index (χ1n) is 7.10. The van der Waals surface area contributed by atoms with Crippen LogP contribution in [0, 0.1) is 9.49 Å². The molecule has 0 radical (unpaired) electrons. The SMILES string of the molecule is Ic1ccc2c(c1)[C@H]1C=CC[C@@H]1[C@@H](c1ccccc1)N2. The van der Waals surface area contributed by atoms with E-state index in [-0.39, 0.29) is 0 Å². The summed E-state index contributed by atoms with van der Waals surface area (Å²) in [6, 6.07) is 18.0. The highest BCUT2D eigenvalue weighted by Crippen LogP contribution is 2.49. The van der Waals surface area contributed by atoms with Gasteiger partial charge in [-0.1, -0.05) is 42.5 Å². The van der Waals surface area contributed by atoms with E-state index >= 15 is 0 Å². The summed E-state index contributed by atoms with van der Waals surface area (Å²) in [5.74, 6) is 1.20. The number of halogens is 1. The van der Waals surface area contributed by atoms with Crippen molar-refractivity contribution in [2.45, 2.75) is 18.4 Å². The van der Waals surface area contributed by atoms with E-state index < -0.39 is 0 Å². The first kappa shape index (κ1) is 12.5. The molecule has 0 spiro atoms. The summed E-state index contributed by atoms with van der Waals surface area (Å²) in [6.45, 7) is 0. The molecule has 0 fully saturated rings. The van der Waals surface area contributed by atoms with E-state index in [1.165, 1.54) is 26.8 Å². The van der Waals surface area contributed by atoms with E-state index in [0.29, 0.717) is 17.9 Å². The van der Waals surface area contributed by atoms with Crippen molar-refractivity contribution in [2.24, 2.45) is 5.92 Å². The standard InChI is InChI=1S/C18H16IN/c19-13-9-10-17-16(11-13)14-7-4-8-15(14)18(20-17)12-5-2-1-3-6-12/h1-7,9-11,14-15,18,20H,8H2/t14-,15-,18+/m0/s1. The lowest BCUT2D eigenvalue weighted by atomic mass is 9.77. The normalized spacial score (nSPS) is 26.8. The number of fused-ring (bicyclic) bond motifs is 3. The average Bonchev–Trinajstić information content (AvgIpc) is 2.97. The molecule has 2 aromatic carbocycles. The fourth-order valence-electron chi connectivity index (χ4n) is 3.56. The number of hydrogen-bond donors (Lipinski definition) is 1. The maximum Gasteiger partial charge on any atom is 0.0553 e. The second-order valence-corrected chi connectivity index (χ2v) is 6.86. The van der Waals surface area contributed by atoms with Gasteiger partial charge in [0.05, 0.1) is 6.04 Å². The van der Waals surface area contributed by atoms with Crippen LogP contribution >= 0.6 is 22.6 Å². The molecule has 1 aliphatic heterocycles. The largest absolute Gasteiger partial charge is 0.378 e. The number of benzene rings is 2. The van der Waals surface area contributed by atoms with Crippen molar-refractivity contribution in [2.75, 3.05) is 5.32 Å². The van der Waals surface area contributed by atoms with E-state index in [4.69, 9.17) is 0 Å². The highest BCUT2D eigenvalue weighted by Gasteiger charge is 2.37. The number of hydrogen-bond acceptors (Lipinski definition) is 1. The van der Waals surface area contributed by atoms with Crippen LogP contribution in [0.15, 0.2) is 60.7 Å². The zero-order valence-corrected chi connectivity index (χ0v) is 13.2. The third-order valence-electron chi connectivity index (χ3n) is 4.48. The molecule has 0 unspecified atom stereocenters. The molecule has 0 amide bonds. The van der Waals surface area contributed by atoms with Gasteiger partial charge in [0.25, 0.3) is 0 Å². The van der Waals surface area contributed by atoms with Gasteiger partial charge in [0, 0.05) is 15.2 Å². The van der Waals surface area contributed by atoms with Crippen LogP contribution in [0.5, 0.6) is 0 Å². The van der Waals surface area contributed by atoms with Gasteiger partial charge in [-0.25, -0.2) is 0 Å². The lowest BCUT2D eigenvalue weighted by molar-refractivity contribution is 0.425. The predicted octanol–water partition coefficient (Wildman–Crippen LogP) is 5.12. The Labute approximate surface area is 133 Å². The molecule has 1 nitrogen and oxygen atoms in total. The van der Waals surface area contributed by atoms with E-state index in [9.17, 15) is 0 Å². The van der Waals surface area contributed by atoms with E-state index in [1.807, 2.05) is 0 Å². The minimum absolute atomic E-state index is 0.420. The molecule has 3 atom stereocenters. The van der Waals surface area contributed by atoms with Crippen LogP contribution in [-0.2, 0) is 0 Å². The Morgan fingerprint density at radius 2 is 1.90 bits per heavy atom. The quantitative estimate of drug-likeness (QED) is 0.541. The maximum atomic E-state index is 3.77. The van der Waals surface area contributed by atoms with Crippen molar-refractivity contribution >= 4 is 28.3 Å². The molecule has 0 bridgehead atoms. The van der Waals surface area contributed by atoms with Crippen LogP contribution in [-0.4, -0.2) is 0 Å². The summed E-state index contributed by atoms with van der Waals surface area (Å²) in [5.41, 5.74) is 4.16. The van der Waals surface area contributed by atoms with Crippen LogP contribution in [0.4, 0.5) is 5.69 Å². The van der Waals surface area contributed by atoms with Crippen LogP contribution < -0.4 is 5.32 Å². The lowest BCUT2D eigenvalue weighted by Crippen LogP contribution is -2.29. The Bertz CT molecular complexity index is 662. The van der Waals surface area contributed by atoms with Gasteiger partial charge in [-0.2, -0.15) is 0 Å². The molecule has 1 N–H and O–H groups in total. The zero-order valence-electron chi connectivity index (χ0n) is 11.1. The van der Waals surface area contributed by atoms with Crippen LogP contribution in [0.1, 0.15) is 29.5 Å². The molecule has 0 saturated heterocycles. The summed E-state index contributed by atoms with van der Waals surface area (Å²) in [5, 5.41) is 3.77. The van der Waals surface area contributed by atoms with Crippen molar-refractivity contribution in [3.05, 3.63) is 75.4 Å². The van der Waals surface area contributed by atoms with Crippen LogP contribution in [0.25, 0.3) is 0 Å². The molecule has 100 valence electrons. The minimum atomic E-state index is 0.420. The number of anilines is 1. The molecule has 20 heavy (non-hydrogen) atoms. The van der Waals surface area contributed by atoms with Crippen LogP contribution in [0.3, 0.4) is 0 Å². The zero-order chi connectivity index (χ0) is 13.5. The fourth-order valence-corrected chi connectivity index (χ4v) is 4.07. The second-order valence-electron chi connectivity index (χ2n) is 5.62.